The Balaban J connectivity index is 1.16. The summed E-state index contributed by atoms with van der Waals surface area (Å²) in [4.78, 5) is 81.1. The monoisotopic (exact) mass is 824 g/mol. The van der Waals surface area contributed by atoms with E-state index in [4.69, 9.17) is 23.7 Å². The number of nitrogens with one attached hydrogen (secondary N) is 2. The van der Waals surface area contributed by atoms with Gasteiger partial charge in [-0.05, 0) is 13.0 Å². The molecule has 2 aromatic carbocycles. The highest BCUT2D eigenvalue weighted by atomic mass is 16.7. The lowest BCUT2D eigenvalue weighted by Crippen LogP contribution is -2.59. The third kappa shape index (κ3) is 7.90. The molecule has 0 unspecified atom stereocenters. The summed E-state index contributed by atoms with van der Waals surface area (Å²) >= 11 is 0. The van der Waals surface area contributed by atoms with E-state index in [0.717, 1.165) is 4.90 Å². The maximum atomic E-state index is 14.1. The number of amides is 4. The molecule has 7 rings (SSSR count). The molecule has 318 valence electrons. The fourth-order valence-electron chi connectivity index (χ4n) is 8.67. The van der Waals surface area contributed by atoms with Crippen LogP contribution in [0.25, 0.3) is 0 Å². The smallest absolute Gasteiger partial charge is 0.252 e. The minimum absolute atomic E-state index is 0.0722. The molecule has 2 aromatic rings. The highest BCUT2D eigenvalue weighted by Gasteiger charge is 2.51. The Morgan fingerprint density at radius 2 is 1.68 bits per heavy atom. The number of carbonyl (C=O) groups excluding carboxylic acids is 6. The number of aromatic hydroxyl groups is 2. The largest absolute Gasteiger partial charge is 0.507 e. The van der Waals surface area contributed by atoms with Crippen LogP contribution in [0.15, 0.2) is 18.2 Å². The molecule has 3 fully saturated rings. The van der Waals surface area contributed by atoms with Gasteiger partial charge in [-0.25, -0.2) is 0 Å². The molecule has 3 saturated heterocycles. The lowest BCUT2D eigenvalue weighted by molar-refractivity contribution is -0.266. The fraction of sp³-hybridized carbons (Fsp3) is 0.550. The zero-order valence-electron chi connectivity index (χ0n) is 32.9. The molecule has 19 heteroatoms. The van der Waals surface area contributed by atoms with Crippen molar-refractivity contribution in [2.45, 2.75) is 88.0 Å². The molecular formula is C40H48N4O15. The van der Waals surface area contributed by atoms with E-state index in [1.54, 1.807) is 6.92 Å². The molecule has 6 N–H and O–H groups in total. The van der Waals surface area contributed by atoms with Crippen LogP contribution in [0.4, 0.5) is 0 Å². The van der Waals surface area contributed by atoms with Gasteiger partial charge in [0.25, 0.3) is 5.91 Å². The van der Waals surface area contributed by atoms with Gasteiger partial charge < -0.3 is 54.7 Å². The molecule has 0 aromatic heterocycles. The van der Waals surface area contributed by atoms with Gasteiger partial charge in [0.1, 0.15) is 22.8 Å². The Morgan fingerprint density at radius 1 is 0.966 bits per heavy atom. The van der Waals surface area contributed by atoms with Crippen molar-refractivity contribution in [3.8, 4) is 17.2 Å². The number of fused-ring (bicyclic) bond motifs is 3. The van der Waals surface area contributed by atoms with Crippen LogP contribution in [0.5, 0.6) is 17.2 Å². The van der Waals surface area contributed by atoms with Crippen LogP contribution in [0, 0.1) is 0 Å². The summed E-state index contributed by atoms with van der Waals surface area (Å²) in [5, 5.41) is 52.3. The number of likely N-dealkylation sites (tertiary alicyclic amines) is 1. The number of aliphatic hydroxyl groups excluding tert-OH is 1. The molecule has 0 bridgehead atoms. The lowest BCUT2D eigenvalue weighted by atomic mass is 9.72. The lowest BCUT2D eigenvalue weighted by Gasteiger charge is -2.47. The molecule has 0 radical (unpaired) electrons. The number of phenolic OH excluding ortho intramolecular Hbond substituents is 2. The van der Waals surface area contributed by atoms with Crippen LogP contribution in [-0.2, 0) is 44.5 Å². The average Bonchev–Trinajstić information content (AvgIpc) is 3.55. The summed E-state index contributed by atoms with van der Waals surface area (Å²) in [6.07, 6.45) is -5.80. The maximum Gasteiger partial charge on any atom is 0.252 e. The van der Waals surface area contributed by atoms with Gasteiger partial charge in [-0.2, -0.15) is 0 Å². The first-order valence-corrected chi connectivity index (χ1v) is 19.5. The van der Waals surface area contributed by atoms with E-state index in [1.165, 1.54) is 32.4 Å². The normalized spacial score (nSPS) is 28.2. The van der Waals surface area contributed by atoms with Crippen molar-refractivity contribution >= 4 is 35.2 Å². The van der Waals surface area contributed by atoms with Crippen LogP contribution in [0.2, 0.25) is 0 Å². The molecule has 0 spiro atoms. The fourth-order valence-corrected chi connectivity index (χ4v) is 8.67. The average molecular weight is 825 g/mol. The number of phenols is 2. The van der Waals surface area contributed by atoms with Crippen molar-refractivity contribution < 1.29 is 72.9 Å². The predicted octanol–water partition coefficient (Wildman–Crippen LogP) is -0.443. The van der Waals surface area contributed by atoms with E-state index in [9.17, 15) is 49.2 Å². The minimum Gasteiger partial charge on any atom is -0.507 e. The Bertz CT molecular complexity index is 2040. The first kappa shape index (κ1) is 42.1. The zero-order chi connectivity index (χ0) is 42.3. The second-order valence-corrected chi connectivity index (χ2v) is 15.3. The zero-order valence-corrected chi connectivity index (χ0v) is 32.9. The van der Waals surface area contributed by atoms with Crippen molar-refractivity contribution in [1.29, 1.82) is 0 Å². The van der Waals surface area contributed by atoms with Crippen molar-refractivity contribution in [2.75, 3.05) is 53.6 Å². The van der Waals surface area contributed by atoms with E-state index in [0.29, 0.717) is 19.7 Å². The number of imide groups is 1. The summed E-state index contributed by atoms with van der Waals surface area (Å²) in [5.41, 5.74) is -3.88. The highest BCUT2D eigenvalue weighted by Crippen LogP contribution is 2.52. The quantitative estimate of drug-likeness (QED) is 0.0769. The molecule has 7 atom stereocenters. The second-order valence-electron chi connectivity index (χ2n) is 15.3. The van der Waals surface area contributed by atoms with Gasteiger partial charge in [0.2, 0.25) is 23.5 Å². The summed E-state index contributed by atoms with van der Waals surface area (Å²) in [5.74, 6) is -5.05. The van der Waals surface area contributed by atoms with Crippen molar-refractivity contribution in [3.05, 3.63) is 51.6 Å². The van der Waals surface area contributed by atoms with Crippen LogP contribution in [-0.4, -0.2) is 155 Å². The van der Waals surface area contributed by atoms with Crippen molar-refractivity contribution in [1.82, 2.24) is 20.4 Å². The number of rotatable bonds is 12. The van der Waals surface area contributed by atoms with Crippen LogP contribution >= 0.6 is 0 Å². The number of nitrogens with zero attached hydrogens (tertiary/aromatic N) is 2. The number of aliphatic hydroxyl groups is 2. The Kier molecular flexibility index (Phi) is 12.1. The number of hydrogen-bond donors (Lipinski definition) is 6. The number of morpholine rings is 1. The van der Waals surface area contributed by atoms with Crippen LogP contribution in [0.1, 0.15) is 88.1 Å². The first-order chi connectivity index (χ1) is 28.2. The molecule has 59 heavy (non-hydrogen) atoms. The molecule has 19 nitrogen and oxygen atoms in total. The number of ketones is 2. The van der Waals surface area contributed by atoms with E-state index < -0.39 is 101 Å². The summed E-state index contributed by atoms with van der Waals surface area (Å²) in [6.45, 7) is 2.47. The maximum absolute atomic E-state index is 14.1. The SMILES string of the molecule is COc1cccc2c1C(=O)c1c(O)c3c(c(O)c1C2=O)C[C@@](O)(C(=O)NCCNC(=O)CCN1C(=O)CCC1=O)C[C@@H]3O[C@H]1C[C@H](N2CCO[C@H](OC)C2)[C@H](O)[C@H](C)O1. The minimum atomic E-state index is -2.34. The van der Waals surface area contributed by atoms with Gasteiger partial charge in [-0.1, -0.05) is 12.1 Å². The van der Waals surface area contributed by atoms with Gasteiger partial charge >= 0.3 is 0 Å². The third-order valence-electron chi connectivity index (χ3n) is 11.7. The molecular weight excluding hydrogens is 776 g/mol. The molecule has 3 heterocycles. The van der Waals surface area contributed by atoms with Crippen molar-refractivity contribution in [3.63, 3.8) is 0 Å². The van der Waals surface area contributed by atoms with Gasteiger partial charge in [-0.3, -0.25) is 38.6 Å². The second kappa shape index (κ2) is 16.9. The van der Waals surface area contributed by atoms with Gasteiger partial charge in [0, 0.05) is 101 Å². The number of hydrogen-bond acceptors (Lipinski definition) is 16. The first-order valence-electron chi connectivity index (χ1n) is 19.5. The number of methoxy groups -OCH3 is 2. The van der Waals surface area contributed by atoms with Gasteiger partial charge in [-0.15, -0.1) is 0 Å². The highest BCUT2D eigenvalue weighted by molar-refractivity contribution is 6.31. The predicted molar refractivity (Wildman–Crippen MR) is 200 cm³/mol. The van der Waals surface area contributed by atoms with E-state index >= 15 is 0 Å². The number of ether oxygens (including phenoxy) is 5. The van der Waals surface area contributed by atoms with E-state index in [2.05, 4.69) is 10.6 Å². The summed E-state index contributed by atoms with van der Waals surface area (Å²) in [7, 11) is 2.83. The summed E-state index contributed by atoms with van der Waals surface area (Å²) < 4.78 is 28.9. The topological polar surface area (TPSA) is 260 Å². The van der Waals surface area contributed by atoms with Gasteiger partial charge in [0.05, 0.1) is 48.7 Å². The van der Waals surface area contributed by atoms with E-state index in [-0.39, 0.29) is 85.1 Å². The van der Waals surface area contributed by atoms with Crippen LogP contribution in [0.3, 0.4) is 0 Å². The third-order valence-corrected chi connectivity index (χ3v) is 11.7. The van der Waals surface area contributed by atoms with Crippen molar-refractivity contribution in [2.24, 2.45) is 0 Å². The summed E-state index contributed by atoms with van der Waals surface area (Å²) in [6, 6.07) is 3.84. The number of carbonyl (C=O) groups is 6. The Morgan fingerprint density at radius 3 is 2.39 bits per heavy atom. The molecule has 4 amide bonds. The Hall–Kier alpha value is -5.02. The molecule has 2 aliphatic carbocycles. The molecule has 0 saturated carbocycles. The van der Waals surface area contributed by atoms with E-state index in [1.807, 2.05) is 4.90 Å². The molecule has 3 aliphatic heterocycles. The number of benzene rings is 2. The standard InChI is InChI=1S/C40H48N4O15/c1-19-34(48)22(43-13-14-57-29(18-43)56-3)15-28(58-19)59-24-17-40(54,39(53)42-11-10-41-25(45)9-12-44-26(46)7-8-27(44)47)16-21-31(24)38(52)33-32(36(21)50)35(49)20-5-4-6-23(55-2)30(20)37(33)51/h4-6,19,22,24,28-29,34,48,50,52,54H,7-18H2,1-3H3,(H,41,45)(H,42,53)/t19-,22-,24-,28-,29-,34+,40-/m0/s1. The molecule has 5 aliphatic rings. The van der Waals surface area contributed by atoms with Crippen LogP contribution < -0.4 is 15.4 Å². The van der Waals surface area contributed by atoms with Gasteiger partial charge in [0.15, 0.2) is 18.4 Å². The Labute approximate surface area is 338 Å².